The molecule has 2 rings (SSSR count). The molecule has 0 radical (unpaired) electrons. The number of hydrogen-bond acceptors (Lipinski definition) is 3. The summed E-state index contributed by atoms with van der Waals surface area (Å²) < 4.78 is 48.9. The molecule has 0 saturated heterocycles. The molecular weight excluding hydrogens is 302 g/mol. The van der Waals surface area contributed by atoms with Crippen LogP contribution in [-0.4, -0.2) is 14.3 Å². The molecule has 8 heteroatoms. The Morgan fingerprint density at radius 2 is 1.81 bits per heavy atom. The third kappa shape index (κ3) is 3.61. The van der Waals surface area contributed by atoms with Crippen LogP contribution in [0.3, 0.4) is 0 Å². The monoisotopic (exact) mass is 312 g/mol. The number of sulfonamides is 1. The lowest BCUT2D eigenvalue weighted by Crippen LogP contribution is -2.16. The van der Waals surface area contributed by atoms with Crippen molar-refractivity contribution in [1.82, 2.24) is 0 Å². The van der Waals surface area contributed by atoms with Crippen molar-refractivity contribution in [2.45, 2.75) is 4.90 Å². The largest absolute Gasteiger partial charge is 0.322 e. The maximum Gasteiger partial charge on any atom is 0.258 e. The summed E-state index contributed by atoms with van der Waals surface area (Å²) in [7, 11) is -3.93. The molecule has 3 N–H and O–H groups in total. The highest BCUT2D eigenvalue weighted by Crippen LogP contribution is 2.16. The lowest BCUT2D eigenvalue weighted by atomic mass is 10.2. The van der Waals surface area contributed by atoms with Crippen molar-refractivity contribution in [3.63, 3.8) is 0 Å². The Bertz CT molecular complexity index is 807. The first-order valence-corrected chi connectivity index (χ1v) is 7.21. The van der Waals surface area contributed by atoms with Gasteiger partial charge >= 0.3 is 0 Å². The Balaban J connectivity index is 2.30. The number of rotatable bonds is 3. The highest BCUT2D eigenvalue weighted by atomic mass is 32.2. The maximum atomic E-state index is 13.4. The normalized spacial score (nSPS) is 11.2. The van der Waals surface area contributed by atoms with Gasteiger partial charge in [0.2, 0.25) is 10.0 Å². The van der Waals surface area contributed by atoms with Crippen LogP contribution in [0.2, 0.25) is 0 Å². The highest BCUT2D eigenvalue weighted by Gasteiger charge is 2.14. The molecule has 0 spiro atoms. The van der Waals surface area contributed by atoms with Gasteiger partial charge in [0.15, 0.2) is 0 Å². The SMILES string of the molecule is NS(=O)(=O)c1cccc(NC(=O)c2cc(F)ccc2F)c1. The fraction of sp³-hybridized carbons (Fsp3) is 0. The number of anilines is 1. The van der Waals surface area contributed by atoms with Crippen molar-refractivity contribution in [3.05, 3.63) is 59.7 Å². The van der Waals surface area contributed by atoms with Crippen LogP contribution in [0.1, 0.15) is 10.4 Å². The maximum absolute atomic E-state index is 13.4. The molecule has 110 valence electrons. The number of primary sulfonamides is 1. The summed E-state index contributed by atoms with van der Waals surface area (Å²) in [6.45, 7) is 0. The van der Waals surface area contributed by atoms with E-state index in [2.05, 4.69) is 5.32 Å². The molecule has 0 aliphatic rings. The summed E-state index contributed by atoms with van der Waals surface area (Å²) in [5.74, 6) is -2.56. The van der Waals surface area contributed by atoms with Crippen LogP contribution in [0.4, 0.5) is 14.5 Å². The van der Waals surface area contributed by atoms with Gasteiger partial charge < -0.3 is 5.32 Å². The molecule has 2 aromatic carbocycles. The molecule has 0 bridgehead atoms. The van der Waals surface area contributed by atoms with E-state index in [0.717, 1.165) is 24.3 Å². The quantitative estimate of drug-likeness (QED) is 0.906. The number of nitrogens with two attached hydrogens (primary N) is 1. The first-order chi connectivity index (χ1) is 9.77. The van der Waals surface area contributed by atoms with Crippen LogP contribution in [-0.2, 0) is 10.0 Å². The summed E-state index contributed by atoms with van der Waals surface area (Å²) in [5.41, 5.74) is -0.397. The summed E-state index contributed by atoms with van der Waals surface area (Å²) in [6.07, 6.45) is 0. The highest BCUT2D eigenvalue weighted by molar-refractivity contribution is 7.89. The number of amides is 1. The number of nitrogens with one attached hydrogen (secondary N) is 1. The van der Waals surface area contributed by atoms with Crippen LogP contribution >= 0.6 is 0 Å². The Morgan fingerprint density at radius 3 is 2.48 bits per heavy atom. The van der Waals surface area contributed by atoms with E-state index in [4.69, 9.17) is 5.14 Å². The Kier molecular flexibility index (Phi) is 4.01. The zero-order valence-electron chi connectivity index (χ0n) is 10.5. The standard InChI is InChI=1S/C13H10F2N2O3S/c14-8-4-5-12(15)11(6-8)13(18)17-9-2-1-3-10(7-9)21(16,19)20/h1-7H,(H,17,18)(H2,16,19,20). The average Bonchev–Trinajstić information content (AvgIpc) is 2.41. The van der Waals surface area contributed by atoms with Gasteiger partial charge in [-0.05, 0) is 36.4 Å². The second-order valence-electron chi connectivity index (χ2n) is 4.15. The Labute approximate surface area is 119 Å². The van der Waals surface area contributed by atoms with E-state index in [9.17, 15) is 22.0 Å². The van der Waals surface area contributed by atoms with E-state index in [-0.39, 0.29) is 10.6 Å². The van der Waals surface area contributed by atoms with Gasteiger partial charge in [-0.2, -0.15) is 0 Å². The predicted molar refractivity (Wildman–Crippen MR) is 72.1 cm³/mol. The summed E-state index contributed by atoms with van der Waals surface area (Å²) in [5, 5.41) is 7.23. The van der Waals surface area contributed by atoms with Gasteiger partial charge in [0.1, 0.15) is 11.6 Å². The van der Waals surface area contributed by atoms with Gasteiger partial charge in [0, 0.05) is 5.69 Å². The molecule has 0 atom stereocenters. The van der Waals surface area contributed by atoms with Crippen LogP contribution in [0.15, 0.2) is 47.4 Å². The van der Waals surface area contributed by atoms with E-state index in [1.54, 1.807) is 0 Å². The Morgan fingerprint density at radius 1 is 1.10 bits per heavy atom. The zero-order valence-corrected chi connectivity index (χ0v) is 11.3. The smallest absolute Gasteiger partial charge is 0.258 e. The third-order valence-electron chi connectivity index (χ3n) is 2.59. The molecule has 0 heterocycles. The van der Waals surface area contributed by atoms with E-state index >= 15 is 0 Å². The summed E-state index contributed by atoms with van der Waals surface area (Å²) >= 11 is 0. The minimum Gasteiger partial charge on any atom is -0.322 e. The lowest BCUT2D eigenvalue weighted by molar-refractivity contribution is 0.102. The first kappa shape index (κ1) is 15.1. The second kappa shape index (κ2) is 5.58. The molecule has 0 unspecified atom stereocenters. The van der Waals surface area contributed by atoms with Crippen LogP contribution < -0.4 is 10.5 Å². The molecule has 1 amide bonds. The van der Waals surface area contributed by atoms with Gasteiger partial charge in [-0.1, -0.05) is 6.07 Å². The average molecular weight is 312 g/mol. The van der Waals surface area contributed by atoms with Crippen molar-refractivity contribution in [1.29, 1.82) is 0 Å². The predicted octanol–water partition coefficient (Wildman–Crippen LogP) is 1.86. The fourth-order valence-electron chi connectivity index (χ4n) is 1.62. The third-order valence-corrected chi connectivity index (χ3v) is 3.50. The van der Waals surface area contributed by atoms with Gasteiger partial charge in [0.05, 0.1) is 10.5 Å². The van der Waals surface area contributed by atoms with Crippen molar-refractivity contribution in [2.24, 2.45) is 5.14 Å². The van der Waals surface area contributed by atoms with Crippen LogP contribution in [0, 0.1) is 11.6 Å². The van der Waals surface area contributed by atoms with Crippen LogP contribution in [0.25, 0.3) is 0 Å². The first-order valence-electron chi connectivity index (χ1n) is 5.66. The Hall–Kier alpha value is -2.32. The van der Waals surface area contributed by atoms with Crippen molar-refractivity contribution < 1.29 is 22.0 Å². The number of benzene rings is 2. The van der Waals surface area contributed by atoms with E-state index in [1.165, 1.54) is 18.2 Å². The number of hydrogen-bond donors (Lipinski definition) is 2. The van der Waals surface area contributed by atoms with Gasteiger partial charge in [-0.15, -0.1) is 0 Å². The van der Waals surface area contributed by atoms with Crippen LogP contribution in [0.5, 0.6) is 0 Å². The van der Waals surface area contributed by atoms with E-state index in [1.807, 2.05) is 0 Å². The summed E-state index contributed by atoms with van der Waals surface area (Å²) in [6, 6.07) is 7.56. The number of carbonyl (C=O) groups excluding carboxylic acids is 1. The molecule has 0 aromatic heterocycles. The zero-order chi connectivity index (χ0) is 15.6. The topological polar surface area (TPSA) is 89.3 Å². The van der Waals surface area contributed by atoms with E-state index < -0.39 is 33.1 Å². The molecular formula is C13H10F2N2O3S. The number of carbonyl (C=O) groups is 1. The molecule has 0 aliphatic carbocycles. The van der Waals surface area contributed by atoms with Gasteiger partial charge in [-0.25, -0.2) is 22.3 Å². The van der Waals surface area contributed by atoms with E-state index in [0.29, 0.717) is 0 Å². The molecule has 5 nitrogen and oxygen atoms in total. The second-order valence-corrected chi connectivity index (χ2v) is 5.71. The molecule has 0 aliphatic heterocycles. The van der Waals surface area contributed by atoms with Crippen molar-refractivity contribution in [2.75, 3.05) is 5.32 Å². The number of halogens is 2. The lowest BCUT2D eigenvalue weighted by Gasteiger charge is -2.07. The summed E-state index contributed by atoms with van der Waals surface area (Å²) in [4.78, 5) is 11.6. The fourth-order valence-corrected chi connectivity index (χ4v) is 2.18. The molecule has 21 heavy (non-hydrogen) atoms. The minimum absolute atomic E-state index is 0.0928. The van der Waals surface area contributed by atoms with Crippen molar-refractivity contribution >= 4 is 21.6 Å². The molecule has 2 aromatic rings. The van der Waals surface area contributed by atoms with Gasteiger partial charge in [0.25, 0.3) is 5.91 Å². The molecule has 0 fully saturated rings. The van der Waals surface area contributed by atoms with Crippen molar-refractivity contribution in [3.8, 4) is 0 Å². The van der Waals surface area contributed by atoms with Gasteiger partial charge in [-0.3, -0.25) is 4.79 Å². The minimum atomic E-state index is -3.93. The molecule has 0 saturated carbocycles.